The molecule has 5 heteroatoms. The van der Waals surface area contributed by atoms with E-state index in [-0.39, 0.29) is 17.2 Å². The maximum atomic E-state index is 12.1. The number of aliphatic hydroxyl groups is 1. The number of halogens is 1. The summed E-state index contributed by atoms with van der Waals surface area (Å²) in [6, 6.07) is 1.78. The second kappa shape index (κ2) is 6.09. The third kappa shape index (κ3) is 4.08. The van der Waals surface area contributed by atoms with Crippen molar-refractivity contribution in [3.05, 3.63) is 22.4 Å². The molecule has 19 heavy (non-hydrogen) atoms. The minimum Gasteiger partial charge on any atom is -0.392 e. The fourth-order valence-corrected chi connectivity index (χ4v) is 2.68. The van der Waals surface area contributed by atoms with E-state index in [0.29, 0.717) is 12.2 Å². The number of carbonyl (C=O) groups excluding carboxylic acids is 1. The molecule has 0 saturated carbocycles. The van der Waals surface area contributed by atoms with E-state index in [1.54, 1.807) is 10.6 Å². The van der Waals surface area contributed by atoms with Crippen molar-refractivity contribution in [2.75, 3.05) is 6.54 Å². The first-order valence-electron chi connectivity index (χ1n) is 6.43. The standard InChI is InChI=1S/C14H23BrN2O2/c1-9(2)12(18)14(3,4)8-16-13(19)11-6-10(15)7-17(11)5/h6-7,9,12,18H,8H2,1-5H3,(H,16,19). The van der Waals surface area contributed by atoms with E-state index in [0.717, 1.165) is 4.47 Å². The van der Waals surface area contributed by atoms with Crippen molar-refractivity contribution in [2.24, 2.45) is 18.4 Å². The average molecular weight is 331 g/mol. The van der Waals surface area contributed by atoms with Crippen LogP contribution in [0, 0.1) is 11.3 Å². The molecule has 0 aliphatic heterocycles. The molecule has 1 atom stereocenters. The van der Waals surface area contributed by atoms with E-state index in [4.69, 9.17) is 0 Å². The van der Waals surface area contributed by atoms with Crippen LogP contribution in [0.5, 0.6) is 0 Å². The van der Waals surface area contributed by atoms with Crippen molar-refractivity contribution in [1.29, 1.82) is 0 Å². The minimum absolute atomic E-state index is 0.128. The summed E-state index contributed by atoms with van der Waals surface area (Å²) in [5.74, 6) is 0.0355. The van der Waals surface area contributed by atoms with Crippen LogP contribution in [0.4, 0.5) is 0 Å². The third-order valence-corrected chi connectivity index (χ3v) is 3.77. The Labute approximate surface area is 123 Å². The van der Waals surface area contributed by atoms with Gasteiger partial charge in [0.1, 0.15) is 5.69 Å². The Hall–Kier alpha value is -0.810. The number of amides is 1. The summed E-state index contributed by atoms with van der Waals surface area (Å²) in [6.45, 7) is 8.30. The van der Waals surface area contributed by atoms with Crippen LogP contribution in [-0.2, 0) is 7.05 Å². The van der Waals surface area contributed by atoms with E-state index in [1.807, 2.05) is 40.9 Å². The van der Waals surface area contributed by atoms with Gasteiger partial charge in [0, 0.05) is 29.7 Å². The molecule has 1 heterocycles. The van der Waals surface area contributed by atoms with Crippen molar-refractivity contribution in [1.82, 2.24) is 9.88 Å². The molecule has 0 fully saturated rings. The number of hydrogen-bond donors (Lipinski definition) is 2. The fraction of sp³-hybridized carbons (Fsp3) is 0.643. The predicted molar refractivity (Wildman–Crippen MR) is 80.1 cm³/mol. The number of nitrogens with zero attached hydrogens (tertiary/aromatic N) is 1. The first-order valence-corrected chi connectivity index (χ1v) is 7.22. The SMILES string of the molecule is CC(C)C(O)C(C)(C)CNC(=O)c1cc(Br)cn1C. The van der Waals surface area contributed by atoms with Crippen molar-refractivity contribution in [3.8, 4) is 0 Å². The molecule has 2 N–H and O–H groups in total. The van der Waals surface area contributed by atoms with Gasteiger partial charge < -0.3 is 15.0 Å². The van der Waals surface area contributed by atoms with Gasteiger partial charge in [0.15, 0.2) is 0 Å². The van der Waals surface area contributed by atoms with Gasteiger partial charge in [-0.2, -0.15) is 0 Å². The maximum Gasteiger partial charge on any atom is 0.267 e. The molecule has 0 aliphatic rings. The lowest BCUT2D eigenvalue weighted by molar-refractivity contribution is 0.0137. The lowest BCUT2D eigenvalue weighted by Crippen LogP contribution is -2.43. The van der Waals surface area contributed by atoms with Gasteiger partial charge >= 0.3 is 0 Å². The number of aliphatic hydroxyl groups excluding tert-OH is 1. The Morgan fingerprint density at radius 2 is 2.11 bits per heavy atom. The number of aromatic nitrogens is 1. The summed E-state index contributed by atoms with van der Waals surface area (Å²) in [7, 11) is 1.83. The van der Waals surface area contributed by atoms with Gasteiger partial charge in [-0.1, -0.05) is 27.7 Å². The van der Waals surface area contributed by atoms with Crippen molar-refractivity contribution in [3.63, 3.8) is 0 Å². The third-order valence-electron chi connectivity index (χ3n) is 3.34. The molecular weight excluding hydrogens is 308 g/mol. The summed E-state index contributed by atoms with van der Waals surface area (Å²) in [6.07, 6.45) is 1.39. The van der Waals surface area contributed by atoms with Gasteiger partial charge in [-0.15, -0.1) is 0 Å². The number of rotatable bonds is 5. The summed E-state index contributed by atoms with van der Waals surface area (Å²) in [5.41, 5.74) is 0.244. The highest BCUT2D eigenvalue weighted by Crippen LogP contribution is 2.25. The second-order valence-corrected chi connectivity index (χ2v) is 6.93. The molecule has 4 nitrogen and oxygen atoms in total. The Bertz CT molecular complexity index is 452. The van der Waals surface area contributed by atoms with Crippen molar-refractivity contribution in [2.45, 2.75) is 33.8 Å². The molecule has 1 unspecified atom stereocenters. The van der Waals surface area contributed by atoms with E-state index in [1.165, 1.54) is 0 Å². The number of aryl methyl sites for hydroxylation is 1. The molecule has 1 aromatic rings. The molecule has 108 valence electrons. The summed E-state index contributed by atoms with van der Waals surface area (Å²) in [4.78, 5) is 12.1. The van der Waals surface area contributed by atoms with Gasteiger partial charge in [0.25, 0.3) is 5.91 Å². The molecule has 0 aromatic carbocycles. The van der Waals surface area contributed by atoms with Crippen LogP contribution in [0.2, 0.25) is 0 Å². The minimum atomic E-state index is -0.451. The van der Waals surface area contributed by atoms with E-state index < -0.39 is 6.10 Å². The molecule has 1 amide bonds. The highest BCUT2D eigenvalue weighted by Gasteiger charge is 2.30. The van der Waals surface area contributed by atoms with Crippen molar-refractivity contribution >= 4 is 21.8 Å². The zero-order valence-electron chi connectivity index (χ0n) is 12.2. The summed E-state index contributed by atoms with van der Waals surface area (Å²) >= 11 is 3.34. The maximum absolute atomic E-state index is 12.1. The van der Waals surface area contributed by atoms with Crippen molar-refractivity contribution < 1.29 is 9.90 Å². The zero-order chi connectivity index (χ0) is 14.8. The van der Waals surface area contributed by atoms with Crippen LogP contribution in [0.25, 0.3) is 0 Å². The smallest absolute Gasteiger partial charge is 0.267 e. The van der Waals surface area contributed by atoms with Gasteiger partial charge in [-0.25, -0.2) is 0 Å². The topological polar surface area (TPSA) is 54.3 Å². The van der Waals surface area contributed by atoms with E-state index >= 15 is 0 Å². The molecule has 0 spiro atoms. The van der Waals surface area contributed by atoms with E-state index in [2.05, 4.69) is 21.2 Å². The van der Waals surface area contributed by atoms with Crippen LogP contribution in [0.1, 0.15) is 38.2 Å². The predicted octanol–water partition coefficient (Wildman–Crippen LogP) is 2.56. The molecular formula is C14H23BrN2O2. The van der Waals surface area contributed by atoms with Crippen LogP contribution in [0.15, 0.2) is 16.7 Å². The van der Waals surface area contributed by atoms with Crippen LogP contribution < -0.4 is 5.32 Å². The fourth-order valence-electron chi connectivity index (χ4n) is 2.16. The lowest BCUT2D eigenvalue weighted by Gasteiger charge is -2.33. The van der Waals surface area contributed by atoms with E-state index in [9.17, 15) is 9.90 Å². The van der Waals surface area contributed by atoms with Crippen LogP contribution in [-0.4, -0.2) is 28.2 Å². The summed E-state index contributed by atoms with van der Waals surface area (Å²) < 4.78 is 2.65. The number of hydrogen-bond acceptors (Lipinski definition) is 2. The Balaban J connectivity index is 2.67. The molecule has 1 rings (SSSR count). The van der Waals surface area contributed by atoms with Gasteiger partial charge in [0.2, 0.25) is 0 Å². The largest absolute Gasteiger partial charge is 0.392 e. The first-order chi connectivity index (χ1) is 8.65. The number of nitrogens with one attached hydrogen (secondary N) is 1. The Kier molecular flexibility index (Phi) is 5.21. The first kappa shape index (κ1) is 16.2. The lowest BCUT2D eigenvalue weighted by atomic mass is 9.80. The van der Waals surface area contributed by atoms with Crippen LogP contribution in [0.3, 0.4) is 0 Å². The monoisotopic (exact) mass is 330 g/mol. The summed E-state index contributed by atoms with van der Waals surface area (Å²) in [5, 5.41) is 13.0. The normalized spacial score (nSPS) is 13.7. The van der Waals surface area contributed by atoms with Crippen LogP contribution >= 0.6 is 15.9 Å². The number of carbonyl (C=O) groups is 1. The second-order valence-electron chi connectivity index (χ2n) is 6.01. The van der Waals surface area contributed by atoms with Gasteiger partial charge in [0.05, 0.1) is 6.10 Å². The average Bonchev–Trinajstić information content (AvgIpc) is 2.64. The van der Waals surface area contributed by atoms with Gasteiger partial charge in [-0.05, 0) is 27.9 Å². The zero-order valence-corrected chi connectivity index (χ0v) is 13.8. The van der Waals surface area contributed by atoms with Gasteiger partial charge in [-0.3, -0.25) is 4.79 Å². The molecule has 0 aliphatic carbocycles. The highest BCUT2D eigenvalue weighted by molar-refractivity contribution is 9.10. The molecule has 0 saturated heterocycles. The Morgan fingerprint density at radius 3 is 2.53 bits per heavy atom. The Morgan fingerprint density at radius 1 is 1.53 bits per heavy atom. The molecule has 0 radical (unpaired) electrons. The molecule has 0 bridgehead atoms. The molecule has 1 aromatic heterocycles. The highest BCUT2D eigenvalue weighted by atomic mass is 79.9. The quantitative estimate of drug-likeness (QED) is 0.871.